The van der Waals surface area contributed by atoms with Crippen molar-refractivity contribution in [2.75, 3.05) is 6.29 Å². The third-order valence-corrected chi connectivity index (χ3v) is 4.94. The SMILES string of the molecule is O=P(O)(CNS(=O)(=O)c1cccnc1)Oc1cccnc1.[NaH]. The molecule has 0 spiro atoms. The van der Waals surface area contributed by atoms with E-state index in [4.69, 9.17) is 4.52 Å². The van der Waals surface area contributed by atoms with Gasteiger partial charge in [-0.15, -0.1) is 0 Å². The van der Waals surface area contributed by atoms with E-state index in [2.05, 4.69) is 9.97 Å². The Kier molecular flexibility index (Phi) is 7.14. The summed E-state index contributed by atoms with van der Waals surface area (Å²) < 4.78 is 42.4. The molecule has 0 aliphatic heterocycles. The molecule has 1 atom stereocenters. The van der Waals surface area contributed by atoms with Gasteiger partial charge in [-0.25, -0.2) is 13.0 Å². The van der Waals surface area contributed by atoms with E-state index < -0.39 is 23.9 Å². The normalized spacial score (nSPS) is 13.7. The Bertz CT molecular complexity index is 745. The van der Waals surface area contributed by atoms with E-state index >= 15 is 0 Å². The van der Waals surface area contributed by atoms with Crippen LogP contribution in [0.25, 0.3) is 0 Å². The Hall–Kier alpha value is -0.800. The third-order valence-electron chi connectivity index (χ3n) is 2.28. The van der Waals surface area contributed by atoms with E-state index in [1.54, 1.807) is 0 Å². The summed E-state index contributed by atoms with van der Waals surface area (Å²) in [6, 6.07) is 5.72. The summed E-state index contributed by atoms with van der Waals surface area (Å²) in [6.45, 7) is 0. The summed E-state index contributed by atoms with van der Waals surface area (Å²) >= 11 is 0. The van der Waals surface area contributed by atoms with Crippen molar-refractivity contribution in [1.29, 1.82) is 0 Å². The fraction of sp³-hybridized carbons (Fsp3) is 0.0909. The van der Waals surface area contributed by atoms with Crippen molar-refractivity contribution >= 4 is 47.2 Å². The van der Waals surface area contributed by atoms with Crippen LogP contribution in [0.2, 0.25) is 0 Å². The Morgan fingerprint density at radius 1 is 1.18 bits per heavy atom. The average molecular weight is 353 g/mol. The van der Waals surface area contributed by atoms with Crippen LogP contribution in [-0.4, -0.2) is 59.1 Å². The number of hydrogen-bond acceptors (Lipinski definition) is 6. The van der Waals surface area contributed by atoms with E-state index in [9.17, 15) is 17.9 Å². The van der Waals surface area contributed by atoms with Crippen LogP contribution in [0.4, 0.5) is 0 Å². The molecule has 1 unspecified atom stereocenters. The second-order valence-corrected chi connectivity index (χ2v) is 7.45. The van der Waals surface area contributed by atoms with Gasteiger partial charge in [0.05, 0.1) is 6.20 Å². The van der Waals surface area contributed by atoms with Gasteiger partial charge in [0.1, 0.15) is 16.9 Å². The number of nitrogens with zero attached hydrogens (tertiary/aromatic N) is 2. The number of sulfonamides is 1. The standard InChI is InChI=1S/C11H12N3O5PS.Na.H/c15-20(16,19-10-3-1-5-12-7-10)9-14-21(17,18)11-4-2-6-13-8-11;;/h1-8,14H,9H2,(H,15,16);;. The third kappa shape index (κ3) is 5.77. The van der Waals surface area contributed by atoms with Crippen LogP contribution in [0.5, 0.6) is 5.75 Å². The fourth-order valence-electron chi connectivity index (χ4n) is 1.35. The first-order valence-electron chi connectivity index (χ1n) is 5.70. The maximum absolute atomic E-state index is 11.9. The van der Waals surface area contributed by atoms with Gasteiger partial charge in [-0.2, -0.15) is 4.72 Å². The number of hydrogen-bond donors (Lipinski definition) is 2. The molecule has 114 valence electrons. The number of nitrogens with one attached hydrogen (secondary N) is 1. The van der Waals surface area contributed by atoms with Gasteiger partial charge in [0.15, 0.2) is 0 Å². The predicted octanol–water partition coefficient (Wildman–Crippen LogP) is 0.328. The summed E-state index contributed by atoms with van der Waals surface area (Å²) in [5.41, 5.74) is 0. The molecule has 0 bridgehead atoms. The molecule has 0 aliphatic carbocycles. The molecule has 22 heavy (non-hydrogen) atoms. The molecule has 0 fully saturated rings. The van der Waals surface area contributed by atoms with Gasteiger partial charge < -0.3 is 9.42 Å². The van der Waals surface area contributed by atoms with E-state index in [-0.39, 0.29) is 40.2 Å². The zero-order chi connectivity index (χ0) is 15.3. The molecule has 0 saturated heterocycles. The van der Waals surface area contributed by atoms with Crippen molar-refractivity contribution in [3.8, 4) is 5.75 Å². The second-order valence-electron chi connectivity index (χ2n) is 3.91. The van der Waals surface area contributed by atoms with Gasteiger partial charge >= 0.3 is 37.2 Å². The van der Waals surface area contributed by atoms with Gasteiger partial charge in [-0.1, -0.05) is 0 Å². The fourth-order valence-corrected chi connectivity index (χ4v) is 3.81. The van der Waals surface area contributed by atoms with Crippen molar-refractivity contribution in [3.63, 3.8) is 0 Å². The molecule has 0 amide bonds. The first-order chi connectivity index (χ1) is 9.89. The summed E-state index contributed by atoms with van der Waals surface area (Å²) in [4.78, 5) is 16.9. The van der Waals surface area contributed by atoms with Crippen molar-refractivity contribution in [2.45, 2.75) is 4.90 Å². The Morgan fingerprint density at radius 2 is 1.82 bits per heavy atom. The van der Waals surface area contributed by atoms with Crippen LogP contribution in [0.15, 0.2) is 53.9 Å². The van der Waals surface area contributed by atoms with Gasteiger partial charge in [0.2, 0.25) is 10.0 Å². The Labute approximate surface area is 149 Å². The molecule has 0 radical (unpaired) electrons. The minimum atomic E-state index is -4.18. The Morgan fingerprint density at radius 3 is 2.36 bits per heavy atom. The van der Waals surface area contributed by atoms with Crippen molar-refractivity contribution in [1.82, 2.24) is 14.7 Å². The summed E-state index contributed by atoms with van der Waals surface area (Å²) in [6.07, 6.45) is 4.51. The van der Waals surface area contributed by atoms with Crippen LogP contribution in [0.3, 0.4) is 0 Å². The van der Waals surface area contributed by atoms with Gasteiger partial charge in [-0.3, -0.25) is 9.97 Å². The van der Waals surface area contributed by atoms with E-state index in [0.717, 1.165) is 6.20 Å². The van der Waals surface area contributed by atoms with Crippen molar-refractivity contribution < 1.29 is 22.4 Å². The van der Waals surface area contributed by atoms with E-state index in [0.29, 0.717) is 0 Å². The minimum absolute atomic E-state index is 0. The zero-order valence-corrected chi connectivity index (χ0v) is 12.4. The summed E-state index contributed by atoms with van der Waals surface area (Å²) in [5.74, 6) is 0.0731. The molecule has 2 heterocycles. The number of rotatable bonds is 6. The quantitative estimate of drug-likeness (QED) is 0.567. The Balaban J connectivity index is 0.00000242. The molecule has 2 rings (SSSR count). The molecule has 0 aliphatic rings. The first kappa shape index (κ1) is 19.2. The first-order valence-corrected chi connectivity index (χ1v) is 8.95. The molecule has 2 N–H and O–H groups in total. The van der Waals surface area contributed by atoms with Gasteiger partial charge in [0.25, 0.3) is 0 Å². The van der Waals surface area contributed by atoms with E-state index in [1.807, 2.05) is 4.72 Å². The van der Waals surface area contributed by atoms with Gasteiger partial charge in [-0.05, 0) is 24.3 Å². The van der Waals surface area contributed by atoms with Crippen LogP contribution in [-0.2, 0) is 14.6 Å². The summed E-state index contributed by atoms with van der Waals surface area (Å²) in [5, 5.41) is 0. The topological polar surface area (TPSA) is 118 Å². The zero-order valence-electron chi connectivity index (χ0n) is 10.7. The molecule has 2 aromatic heterocycles. The monoisotopic (exact) mass is 353 g/mol. The maximum atomic E-state index is 11.9. The second kappa shape index (κ2) is 8.16. The number of aromatic nitrogens is 2. The predicted molar refractivity (Wildman–Crippen MR) is 81.3 cm³/mol. The molecular formula is C11H13N3NaO5PS. The van der Waals surface area contributed by atoms with Crippen LogP contribution in [0, 0.1) is 0 Å². The van der Waals surface area contributed by atoms with Gasteiger partial charge in [0, 0.05) is 18.6 Å². The molecular weight excluding hydrogens is 340 g/mol. The summed E-state index contributed by atoms with van der Waals surface area (Å²) in [7, 11) is -8.11. The molecule has 8 nitrogen and oxygen atoms in total. The molecule has 0 aromatic carbocycles. The molecule has 2 aromatic rings. The average Bonchev–Trinajstić information content (AvgIpc) is 2.47. The van der Waals surface area contributed by atoms with Crippen LogP contribution in [0.1, 0.15) is 0 Å². The van der Waals surface area contributed by atoms with E-state index in [1.165, 1.54) is 42.9 Å². The molecule has 11 heteroatoms. The van der Waals surface area contributed by atoms with Crippen molar-refractivity contribution in [2.24, 2.45) is 0 Å². The molecule has 0 saturated carbocycles. The van der Waals surface area contributed by atoms with Crippen molar-refractivity contribution in [3.05, 3.63) is 49.1 Å². The van der Waals surface area contributed by atoms with Crippen LogP contribution < -0.4 is 9.25 Å². The van der Waals surface area contributed by atoms with Crippen LogP contribution >= 0.6 is 7.60 Å². The number of pyridine rings is 2.